The molecule has 3 heteroatoms. The van der Waals surface area contributed by atoms with Gasteiger partial charge in [-0.15, -0.1) is 11.8 Å². The Balaban J connectivity index is 2.42. The molecule has 0 N–H and O–H groups in total. The average Bonchev–Trinajstić information content (AvgIpc) is 2.24. The molecule has 0 heterocycles. The van der Waals surface area contributed by atoms with Gasteiger partial charge >= 0.3 is 0 Å². The van der Waals surface area contributed by atoms with Crippen molar-refractivity contribution in [2.24, 2.45) is 0 Å². The van der Waals surface area contributed by atoms with Crippen LogP contribution < -0.4 is 0 Å². The van der Waals surface area contributed by atoms with Crippen molar-refractivity contribution in [3.8, 4) is 0 Å². The largest absolute Gasteiger partial charge is 0.378 e. The zero-order chi connectivity index (χ0) is 12.0. The van der Waals surface area contributed by atoms with Gasteiger partial charge in [-0.25, -0.2) is 0 Å². The van der Waals surface area contributed by atoms with Crippen molar-refractivity contribution in [1.82, 2.24) is 0 Å². The summed E-state index contributed by atoms with van der Waals surface area (Å²) in [7, 11) is 0. The Bertz CT molecular complexity index is 348. The minimum absolute atomic E-state index is 0.112. The third kappa shape index (κ3) is 4.81. The summed E-state index contributed by atoms with van der Waals surface area (Å²) in [6.07, 6.45) is 0.282. The fourth-order valence-corrected chi connectivity index (χ4v) is 2.05. The first-order valence-electron chi connectivity index (χ1n) is 5.45. The SMILES string of the molecule is CC(=O)c1cccc(SCCOC(C)C)c1. The van der Waals surface area contributed by atoms with Gasteiger partial charge < -0.3 is 4.74 Å². The van der Waals surface area contributed by atoms with Crippen molar-refractivity contribution in [2.75, 3.05) is 12.4 Å². The van der Waals surface area contributed by atoms with Crippen molar-refractivity contribution in [3.05, 3.63) is 29.8 Å². The van der Waals surface area contributed by atoms with Gasteiger partial charge in [-0.1, -0.05) is 12.1 Å². The van der Waals surface area contributed by atoms with Crippen LogP contribution in [0.2, 0.25) is 0 Å². The van der Waals surface area contributed by atoms with E-state index in [2.05, 4.69) is 0 Å². The number of Topliss-reactive ketones (excluding diaryl/α,β-unsaturated/α-hetero) is 1. The number of ether oxygens (including phenoxy) is 1. The summed E-state index contributed by atoms with van der Waals surface area (Å²) < 4.78 is 5.45. The standard InChI is InChI=1S/C13H18O2S/c1-10(2)15-7-8-16-13-6-4-5-12(9-13)11(3)14/h4-6,9-10H,7-8H2,1-3H3. The summed E-state index contributed by atoms with van der Waals surface area (Å²) in [6.45, 7) is 6.39. The van der Waals surface area contributed by atoms with Crippen LogP contribution in [0.3, 0.4) is 0 Å². The number of hydrogen-bond donors (Lipinski definition) is 0. The molecule has 1 rings (SSSR count). The number of benzene rings is 1. The van der Waals surface area contributed by atoms with Crippen LogP contribution in [0.4, 0.5) is 0 Å². The van der Waals surface area contributed by atoms with E-state index in [0.717, 1.165) is 22.8 Å². The molecule has 88 valence electrons. The van der Waals surface area contributed by atoms with E-state index >= 15 is 0 Å². The van der Waals surface area contributed by atoms with E-state index in [-0.39, 0.29) is 11.9 Å². The van der Waals surface area contributed by atoms with Crippen LogP contribution >= 0.6 is 11.8 Å². The minimum Gasteiger partial charge on any atom is -0.378 e. The van der Waals surface area contributed by atoms with Crippen molar-refractivity contribution in [3.63, 3.8) is 0 Å². The normalized spacial score (nSPS) is 10.8. The highest BCUT2D eigenvalue weighted by Gasteiger charge is 2.01. The highest BCUT2D eigenvalue weighted by Crippen LogP contribution is 2.19. The van der Waals surface area contributed by atoms with Crippen LogP contribution in [-0.2, 0) is 4.74 Å². The fraction of sp³-hybridized carbons (Fsp3) is 0.462. The predicted molar refractivity (Wildman–Crippen MR) is 68.3 cm³/mol. The van der Waals surface area contributed by atoms with Gasteiger partial charge in [0, 0.05) is 16.2 Å². The zero-order valence-corrected chi connectivity index (χ0v) is 10.8. The van der Waals surface area contributed by atoms with Gasteiger partial charge in [0.05, 0.1) is 12.7 Å². The summed E-state index contributed by atoms with van der Waals surface area (Å²) >= 11 is 1.72. The maximum Gasteiger partial charge on any atom is 0.159 e. The van der Waals surface area contributed by atoms with Crippen LogP contribution in [0, 0.1) is 0 Å². The molecule has 0 bridgehead atoms. The van der Waals surface area contributed by atoms with Crippen LogP contribution in [0.5, 0.6) is 0 Å². The maximum absolute atomic E-state index is 11.2. The lowest BCUT2D eigenvalue weighted by Gasteiger charge is -2.07. The first-order valence-corrected chi connectivity index (χ1v) is 6.43. The Kier molecular flexibility index (Phi) is 5.56. The number of rotatable bonds is 6. The van der Waals surface area contributed by atoms with Crippen molar-refractivity contribution < 1.29 is 9.53 Å². The molecule has 0 aromatic heterocycles. The summed E-state index contributed by atoms with van der Waals surface area (Å²) in [5.41, 5.74) is 0.773. The molecule has 0 aliphatic heterocycles. The number of carbonyl (C=O) groups excluding carboxylic acids is 1. The first kappa shape index (κ1) is 13.3. The number of thioether (sulfide) groups is 1. The Morgan fingerprint density at radius 1 is 1.44 bits per heavy atom. The number of ketones is 1. The highest BCUT2D eigenvalue weighted by atomic mass is 32.2. The van der Waals surface area contributed by atoms with E-state index in [1.807, 2.05) is 38.1 Å². The molecule has 0 amide bonds. The smallest absolute Gasteiger partial charge is 0.159 e. The molecule has 0 aliphatic carbocycles. The van der Waals surface area contributed by atoms with Gasteiger partial charge in [0.2, 0.25) is 0 Å². The second-order valence-electron chi connectivity index (χ2n) is 3.85. The van der Waals surface area contributed by atoms with Crippen molar-refractivity contribution >= 4 is 17.5 Å². The topological polar surface area (TPSA) is 26.3 Å². The van der Waals surface area contributed by atoms with Gasteiger partial charge in [-0.2, -0.15) is 0 Å². The van der Waals surface area contributed by atoms with Gasteiger partial charge in [-0.3, -0.25) is 4.79 Å². The fourth-order valence-electron chi connectivity index (χ4n) is 1.25. The molecule has 0 saturated carbocycles. The highest BCUT2D eigenvalue weighted by molar-refractivity contribution is 7.99. The molecule has 16 heavy (non-hydrogen) atoms. The molecule has 0 aliphatic rings. The van der Waals surface area contributed by atoms with Gasteiger partial charge in [0.25, 0.3) is 0 Å². The molecule has 0 fully saturated rings. The summed E-state index contributed by atoms with van der Waals surface area (Å²) in [5.74, 6) is 1.03. The molecule has 2 nitrogen and oxygen atoms in total. The van der Waals surface area contributed by atoms with Gasteiger partial charge in [-0.05, 0) is 32.9 Å². The molecule has 0 spiro atoms. The Hall–Kier alpha value is -0.800. The molecule has 1 aromatic carbocycles. The van der Waals surface area contributed by atoms with Crippen LogP contribution in [-0.4, -0.2) is 24.2 Å². The van der Waals surface area contributed by atoms with E-state index in [1.54, 1.807) is 18.7 Å². The van der Waals surface area contributed by atoms with Gasteiger partial charge in [0.1, 0.15) is 0 Å². The van der Waals surface area contributed by atoms with Gasteiger partial charge in [0.15, 0.2) is 5.78 Å². The van der Waals surface area contributed by atoms with Crippen molar-refractivity contribution in [2.45, 2.75) is 31.8 Å². The van der Waals surface area contributed by atoms with E-state index < -0.39 is 0 Å². The number of carbonyl (C=O) groups is 1. The molecule has 0 unspecified atom stereocenters. The third-order valence-corrected chi connectivity index (χ3v) is 3.00. The molecular formula is C13H18O2S. The maximum atomic E-state index is 11.2. The lowest BCUT2D eigenvalue weighted by molar-refractivity contribution is 0.0920. The number of hydrogen-bond acceptors (Lipinski definition) is 3. The molecule has 0 radical (unpaired) electrons. The molecule has 0 saturated heterocycles. The Morgan fingerprint density at radius 3 is 2.81 bits per heavy atom. The zero-order valence-electron chi connectivity index (χ0n) is 10.0. The van der Waals surface area contributed by atoms with E-state index in [1.165, 1.54) is 0 Å². The van der Waals surface area contributed by atoms with Crippen LogP contribution in [0.15, 0.2) is 29.2 Å². The molecule has 0 atom stereocenters. The lowest BCUT2D eigenvalue weighted by atomic mass is 10.2. The van der Waals surface area contributed by atoms with Crippen molar-refractivity contribution in [1.29, 1.82) is 0 Å². The second kappa shape index (κ2) is 6.71. The monoisotopic (exact) mass is 238 g/mol. The minimum atomic E-state index is 0.112. The predicted octanol–water partition coefficient (Wildman–Crippen LogP) is 3.41. The second-order valence-corrected chi connectivity index (χ2v) is 5.02. The summed E-state index contributed by atoms with van der Waals surface area (Å²) in [5, 5.41) is 0. The Morgan fingerprint density at radius 2 is 2.19 bits per heavy atom. The van der Waals surface area contributed by atoms with Crippen LogP contribution in [0.1, 0.15) is 31.1 Å². The van der Waals surface area contributed by atoms with E-state index in [4.69, 9.17) is 4.74 Å². The summed E-state index contributed by atoms with van der Waals surface area (Å²) in [4.78, 5) is 12.3. The molecular weight excluding hydrogens is 220 g/mol. The third-order valence-electron chi connectivity index (χ3n) is 2.04. The lowest BCUT2D eigenvalue weighted by Crippen LogP contribution is -2.05. The Labute approximate surface area is 101 Å². The first-order chi connectivity index (χ1) is 7.59. The average molecular weight is 238 g/mol. The van der Waals surface area contributed by atoms with E-state index in [0.29, 0.717) is 0 Å². The van der Waals surface area contributed by atoms with Crippen LogP contribution in [0.25, 0.3) is 0 Å². The summed E-state index contributed by atoms with van der Waals surface area (Å²) in [6, 6.07) is 7.72. The molecule has 1 aromatic rings. The van der Waals surface area contributed by atoms with E-state index in [9.17, 15) is 4.79 Å². The quantitative estimate of drug-likeness (QED) is 0.431.